The fraction of sp³-hybridized carbons (Fsp3) is 0.350. The normalized spacial score (nSPS) is 15.5. The minimum atomic E-state index is -0.144. The highest BCUT2D eigenvalue weighted by atomic mass is 79.9. The van der Waals surface area contributed by atoms with Gasteiger partial charge in [0.05, 0.1) is 14.2 Å². The van der Waals surface area contributed by atoms with Crippen LogP contribution in [0.15, 0.2) is 40.9 Å². The van der Waals surface area contributed by atoms with Crippen LogP contribution >= 0.6 is 15.9 Å². The molecular formula is C20H23BrN2O3. The molecule has 1 amide bonds. The van der Waals surface area contributed by atoms with Crippen LogP contribution in [0.4, 0.5) is 5.69 Å². The molecule has 0 radical (unpaired) electrons. The van der Waals surface area contributed by atoms with E-state index in [2.05, 4.69) is 57.3 Å². The molecule has 0 aliphatic carbocycles. The molecule has 1 atom stereocenters. The molecule has 0 fully saturated rings. The molecule has 1 aliphatic heterocycles. The van der Waals surface area contributed by atoms with Gasteiger partial charge >= 0.3 is 0 Å². The van der Waals surface area contributed by atoms with Gasteiger partial charge in [0.15, 0.2) is 0 Å². The number of methoxy groups -OCH3 is 2. The summed E-state index contributed by atoms with van der Waals surface area (Å²) in [7, 11) is 3.13. The van der Waals surface area contributed by atoms with Crippen molar-refractivity contribution in [3.63, 3.8) is 0 Å². The number of carbonyl (C=O) groups is 1. The topological polar surface area (TPSA) is 50.8 Å². The summed E-state index contributed by atoms with van der Waals surface area (Å²) in [5, 5.41) is 2.99. The third kappa shape index (κ3) is 3.65. The molecule has 0 bridgehead atoms. The second kappa shape index (κ2) is 7.99. The molecular weight excluding hydrogens is 396 g/mol. The van der Waals surface area contributed by atoms with E-state index in [1.165, 1.54) is 11.3 Å². The summed E-state index contributed by atoms with van der Waals surface area (Å²) in [5.74, 6) is 0.988. The van der Waals surface area contributed by atoms with Gasteiger partial charge < -0.3 is 19.7 Å². The van der Waals surface area contributed by atoms with Crippen molar-refractivity contribution in [3.8, 4) is 11.5 Å². The third-order valence-corrected chi connectivity index (χ3v) is 5.48. The molecule has 0 spiro atoms. The quantitative estimate of drug-likeness (QED) is 0.777. The summed E-state index contributed by atoms with van der Waals surface area (Å²) in [6.07, 6.45) is 1.05. The van der Waals surface area contributed by atoms with Crippen LogP contribution < -0.4 is 19.7 Å². The van der Waals surface area contributed by atoms with Crippen molar-refractivity contribution in [2.75, 3.05) is 32.2 Å². The van der Waals surface area contributed by atoms with Gasteiger partial charge in [0.25, 0.3) is 5.91 Å². The number of hydrogen-bond acceptors (Lipinski definition) is 4. The van der Waals surface area contributed by atoms with Crippen molar-refractivity contribution in [2.24, 2.45) is 0 Å². The van der Waals surface area contributed by atoms with E-state index in [1.807, 2.05) is 0 Å². The molecule has 26 heavy (non-hydrogen) atoms. The van der Waals surface area contributed by atoms with E-state index in [1.54, 1.807) is 26.4 Å². The second-order valence-electron chi connectivity index (χ2n) is 6.33. The van der Waals surface area contributed by atoms with Gasteiger partial charge in [0.2, 0.25) is 0 Å². The first-order valence-corrected chi connectivity index (χ1v) is 9.38. The highest BCUT2D eigenvalue weighted by Gasteiger charge is 2.25. The number of benzene rings is 2. The zero-order valence-electron chi connectivity index (χ0n) is 15.2. The van der Waals surface area contributed by atoms with Crippen molar-refractivity contribution < 1.29 is 14.3 Å². The average Bonchev–Trinajstić information content (AvgIpc) is 2.97. The molecule has 1 unspecified atom stereocenters. The largest absolute Gasteiger partial charge is 0.495 e. The number of amides is 1. The Kier molecular flexibility index (Phi) is 5.71. The maximum Gasteiger partial charge on any atom is 0.251 e. The number of rotatable bonds is 6. The van der Waals surface area contributed by atoms with Gasteiger partial charge in [-0.15, -0.1) is 0 Å². The molecule has 6 heteroatoms. The molecule has 0 saturated carbocycles. The van der Waals surface area contributed by atoms with Crippen LogP contribution in [-0.2, 0) is 6.42 Å². The number of carbonyl (C=O) groups excluding carboxylic acids is 1. The van der Waals surface area contributed by atoms with E-state index in [9.17, 15) is 4.79 Å². The van der Waals surface area contributed by atoms with E-state index in [-0.39, 0.29) is 5.91 Å². The molecule has 138 valence electrons. The number of anilines is 1. The van der Waals surface area contributed by atoms with Gasteiger partial charge in [0, 0.05) is 30.4 Å². The van der Waals surface area contributed by atoms with Crippen molar-refractivity contribution in [1.29, 1.82) is 0 Å². The lowest BCUT2D eigenvalue weighted by atomic mass is 10.1. The van der Waals surface area contributed by atoms with Crippen molar-refractivity contribution in [3.05, 3.63) is 52.0 Å². The van der Waals surface area contributed by atoms with Gasteiger partial charge in [-0.25, -0.2) is 0 Å². The van der Waals surface area contributed by atoms with E-state index in [4.69, 9.17) is 9.47 Å². The fourth-order valence-electron chi connectivity index (χ4n) is 3.36. The monoisotopic (exact) mass is 418 g/mol. The zero-order valence-corrected chi connectivity index (χ0v) is 16.8. The number of nitrogens with zero attached hydrogens (tertiary/aromatic N) is 1. The first-order valence-electron chi connectivity index (χ1n) is 8.59. The minimum Gasteiger partial charge on any atom is -0.495 e. The van der Waals surface area contributed by atoms with E-state index in [0.717, 1.165) is 13.0 Å². The molecule has 1 aliphatic rings. The van der Waals surface area contributed by atoms with Crippen molar-refractivity contribution >= 4 is 27.5 Å². The third-order valence-electron chi connectivity index (χ3n) is 4.69. The predicted molar refractivity (Wildman–Crippen MR) is 107 cm³/mol. The lowest BCUT2D eigenvalue weighted by molar-refractivity contribution is 0.0953. The number of hydrogen-bond donors (Lipinski definition) is 1. The minimum absolute atomic E-state index is 0.144. The zero-order chi connectivity index (χ0) is 18.7. The maximum absolute atomic E-state index is 12.5. The predicted octanol–water partition coefficient (Wildman–Crippen LogP) is 3.65. The number of fused-ring (bicyclic) bond motifs is 1. The lowest BCUT2D eigenvalue weighted by Crippen LogP contribution is -2.37. The van der Waals surface area contributed by atoms with Crippen molar-refractivity contribution in [1.82, 2.24) is 5.32 Å². The Balaban J connectivity index is 1.65. The van der Waals surface area contributed by atoms with Crippen LogP contribution in [0.5, 0.6) is 11.5 Å². The lowest BCUT2D eigenvalue weighted by Gasteiger charge is -2.25. The Morgan fingerprint density at radius 3 is 2.54 bits per heavy atom. The number of nitrogens with one attached hydrogen (secondary N) is 1. The summed E-state index contributed by atoms with van der Waals surface area (Å²) in [6, 6.07) is 12.3. The smallest absolute Gasteiger partial charge is 0.251 e. The van der Waals surface area contributed by atoms with E-state index < -0.39 is 0 Å². The summed E-state index contributed by atoms with van der Waals surface area (Å²) < 4.78 is 11.3. The van der Waals surface area contributed by atoms with Crippen LogP contribution in [-0.4, -0.2) is 39.3 Å². The summed E-state index contributed by atoms with van der Waals surface area (Å²) in [4.78, 5) is 14.9. The van der Waals surface area contributed by atoms with Crippen LogP contribution in [0.3, 0.4) is 0 Å². The maximum atomic E-state index is 12.5. The Bertz CT molecular complexity index is 784. The summed E-state index contributed by atoms with van der Waals surface area (Å²) in [5.41, 5.74) is 3.15. The average molecular weight is 419 g/mol. The van der Waals surface area contributed by atoms with Gasteiger partial charge in [-0.2, -0.15) is 0 Å². The first kappa shape index (κ1) is 18.6. The number of para-hydroxylation sites is 1. The standard InChI is InChI=1S/C20H23BrN2O3/c1-13-10-14-6-4-5-7-16(14)23(13)9-8-22-20(24)15-11-17(25-2)19(21)18(12-15)26-3/h4-7,11-13H,8-10H2,1-3H3,(H,22,24). The molecule has 1 heterocycles. The van der Waals surface area contributed by atoms with Crippen LogP contribution in [0.1, 0.15) is 22.8 Å². The van der Waals surface area contributed by atoms with Crippen molar-refractivity contribution in [2.45, 2.75) is 19.4 Å². The van der Waals surface area contributed by atoms with Gasteiger partial charge in [-0.05, 0) is 53.0 Å². The Hall–Kier alpha value is -2.21. The molecule has 2 aromatic carbocycles. The van der Waals surface area contributed by atoms with Gasteiger partial charge in [-0.3, -0.25) is 4.79 Å². The molecule has 5 nitrogen and oxygen atoms in total. The van der Waals surface area contributed by atoms with E-state index in [0.29, 0.717) is 34.1 Å². The van der Waals surface area contributed by atoms with Crippen LogP contribution in [0.25, 0.3) is 0 Å². The first-order chi connectivity index (χ1) is 12.5. The highest BCUT2D eigenvalue weighted by Crippen LogP contribution is 2.35. The molecule has 0 aromatic heterocycles. The van der Waals surface area contributed by atoms with Crippen LogP contribution in [0, 0.1) is 0 Å². The molecule has 0 saturated heterocycles. The summed E-state index contributed by atoms with van der Waals surface area (Å²) in [6.45, 7) is 3.55. The number of halogens is 1. The number of ether oxygens (including phenoxy) is 2. The highest BCUT2D eigenvalue weighted by molar-refractivity contribution is 9.10. The van der Waals surface area contributed by atoms with Crippen LogP contribution in [0.2, 0.25) is 0 Å². The van der Waals surface area contributed by atoms with Gasteiger partial charge in [-0.1, -0.05) is 18.2 Å². The molecule has 2 aromatic rings. The molecule has 1 N–H and O–H groups in total. The Morgan fingerprint density at radius 1 is 1.23 bits per heavy atom. The second-order valence-corrected chi connectivity index (χ2v) is 7.12. The summed E-state index contributed by atoms with van der Waals surface area (Å²) >= 11 is 3.42. The van der Waals surface area contributed by atoms with Gasteiger partial charge in [0.1, 0.15) is 16.0 Å². The Morgan fingerprint density at radius 2 is 1.88 bits per heavy atom. The van der Waals surface area contributed by atoms with E-state index >= 15 is 0 Å². The Labute approximate surface area is 162 Å². The molecule has 3 rings (SSSR count). The SMILES string of the molecule is COc1cc(C(=O)NCCN2c3ccccc3CC2C)cc(OC)c1Br. The fourth-order valence-corrected chi connectivity index (χ4v) is 3.92.